The van der Waals surface area contributed by atoms with Gasteiger partial charge in [0.2, 0.25) is 0 Å². The Hall–Kier alpha value is -6.55. The Bertz CT molecular complexity index is 1990. The number of nitro benzene ring substituents is 2. The zero-order valence-corrected chi connectivity index (χ0v) is 32.8. The number of nitro groups is 2. The van der Waals surface area contributed by atoms with Crippen LogP contribution in [0.25, 0.3) is 12.2 Å². The smallest absolute Gasteiger partial charge is 0.410 e. The summed E-state index contributed by atoms with van der Waals surface area (Å²) in [6, 6.07) is 8.07. The third-order valence-corrected chi connectivity index (χ3v) is 9.14. The molecule has 2 aliphatic heterocycles. The van der Waals surface area contributed by atoms with Gasteiger partial charge in [-0.15, -0.1) is 0 Å². The number of benzene rings is 2. The van der Waals surface area contributed by atoms with Crippen LogP contribution < -0.4 is 0 Å². The van der Waals surface area contributed by atoms with Gasteiger partial charge >= 0.3 is 12.2 Å². The second-order valence-corrected chi connectivity index (χ2v) is 15.7. The van der Waals surface area contributed by atoms with Gasteiger partial charge in [0.05, 0.1) is 32.7 Å². The molecule has 0 aromatic heterocycles. The number of amides is 4. The summed E-state index contributed by atoms with van der Waals surface area (Å²) in [5, 5.41) is 24.2. The molecule has 0 bridgehead atoms. The predicted octanol–water partition coefficient (Wildman–Crippen LogP) is 5.27. The van der Waals surface area contributed by atoms with Gasteiger partial charge in [-0.25, -0.2) is 19.2 Å². The van der Waals surface area contributed by atoms with E-state index >= 15 is 0 Å². The van der Waals surface area contributed by atoms with Gasteiger partial charge in [-0.3, -0.25) is 49.4 Å². The van der Waals surface area contributed by atoms with E-state index in [1.807, 2.05) is 0 Å². The third-order valence-electron chi connectivity index (χ3n) is 8.01. The van der Waals surface area contributed by atoms with Gasteiger partial charge in [0.1, 0.15) is 34.5 Å². The lowest BCUT2D eigenvalue weighted by molar-refractivity contribution is -0.388. The first-order valence-corrected chi connectivity index (χ1v) is 18.2. The number of carbonyl (C=O) groups is 4. The van der Waals surface area contributed by atoms with Crippen LogP contribution in [-0.2, 0) is 28.7 Å². The molecular weight excluding hydrogens is 765 g/mol. The van der Waals surface area contributed by atoms with E-state index < -0.39 is 56.4 Å². The number of hydrogen-bond acceptors (Lipinski definition) is 13. The standard InChI is InChI=1S/C38H40N6O12S/c1-37(2,3)55-35(49)39-15-17-41(27(21-39)23-45)33(47)13-9-25-7-11-31(29(19-25)43(51)52)57-32-12-8-26(20-30(32)44(53)54)10-14-34(48)42-18-16-40(22-28(42)24-46)36(50)56-38(4,5)6/h7-14,19-20H,15-18,21-22H2,1-6H3/b13-9+,14-10+. The molecule has 0 atom stereocenters. The molecule has 4 amide bonds. The molecule has 0 aliphatic carbocycles. The number of carbonyl (C=O) groups excluding carboxylic acids is 6. The minimum Gasteiger partial charge on any atom is -0.444 e. The fourth-order valence-corrected chi connectivity index (χ4v) is 6.38. The summed E-state index contributed by atoms with van der Waals surface area (Å²) in [5.74, 6) is 2.14. The average molecular weight is 805 g/mol. The number of ether oxygens (including phenoxy) is 2. The van der Waals surface area contributed by atoms with Crippen molar-refractivity contribution in [3.63, 3.8) is 0 Å². The molecule has 2 aromatic carbocycles. The van der Waals surface area contributed by atoms with Crippen LogP contribution in [0.5, 0.6) is 0 Å². The van der Waals surface area contributed by atoms with Crippen molar-refractivity contribution in [2.75, 3.05) is 39.3 Å². The van der Waals surface area contributed by atoms with E-state index in [0.29, 0.717) is 0 Å². The van der Waals surface area contributed by atoms with Crippen LogP contribution in [-0.4, -0.2) is 116 Å². The predicted molar refractivity (Wildman–Crippen MR) is 206 cm³/mol. The molecule has 2 heterocycles. The van der Waals surface area contributed by atoms with Crippen LogP contribution in [0.4, 0.5) is 21.0 Å². The van der Waals surface area contributed by atoms with Crippen LogP contribution in [0.3, 0.4) is 0 Å². The molecule has 19 heteroatoms. The highest BCUT2D eigenvalue weighted by Gasteiger charge is 2.33. The van der Waals surface area contributed by atoms with Crippen LogP contribution >= 0.6 is 11.8 Å². The highest BCUT2D eigenvalue weighted by atomic mass is 32.2. The molecule has 0 N–H and O–H groups in total. The first-order chi connectivity index (χ1) is 26.7. The van der Waals surface area contributed by atoms with Crippen molar-refractivity contribution >= 4 is 71.2 Å². The van der Waals surface area contributed by atoms with Crippen molar-refractivity contribution in [1.29, 1.82) is 0 Å². The van der Waals surface area contributed by atoms with Crippen molar-refractivity contribution in [2.24, 2.45) is 0 Å². The lowest BCUT2D eigenvalue weighted by Crippen LogP contribution is -2.50. The van der Waals surface area contributed by atoms with E-state index in [9.17, 15) is 49.0 Å². The summed E-state index contributed by atoms with van der Waals surface area (Å²) in [6.45, 7) is 9.93. The summed E-state index contributed by atoms with van der Waals surface area (Å²) in [7, 11) is 0. The van der Waals surface area contributed by atoms with Crippen molar-refractivity contribution in [2.45, 2.75) is 62.5 Å². The summed E-state index contributed by atoms with van der Waals surface area (Å²) in [4.78, 5) is 102. The maximum absolute atomic E-state index is 13.0. The molecule has 2 aromatic rings. The van der Waals surface area contributed by atoms with Crippen molar-refractivity contribution in [1.82, 2.24) is 19.6 Å². The van der Waals surface area contributed by atoms with Gasteiger partial charge in [0.15, 0.2) is 0 Å². The first kappa shape index (κ1) is 43.2. The molecule has 2 aliphatic rings. The maximum Gasteiger partial charge on any atom is 0.410 e. The minimum absolute atomic E-state index is 0.0144. The Kier molecular flexibility index (Phi) is 13.6. The highest BCUT2D eigenvalue weighted by molar-refractivity contribution is 7.99. The summed E-state index contributed by atoms with van der Waals surface area (Å²) < 4.78 is 10.7. The van der Waals surface area contributed by atoms with Crippen LogP contribution in [0.15, 0.2) is 69.7 Å². The molecule has 18 nitrogen and oxygen atoms in total. The van der Waals surface area contributed by atoms with Crippen molar-refractivity contribution < 1.29 is 48.1 Å². The number of rotatable bonds is 8. The quantitative estimate of drug-likeness (QED) is 0.144. The average Bonchev–Trinajstić information content (AvgIpc) is 3.14. The van der Waals surface area contributed by atoms with Crippen molar-refractivity contribution in [3.05, 3.63) is 91.3 Å². The Morgan fingerprint density at radius 3 is 1.35 bits per heavy atom. The van der Waals surface area contributed by atoms with E-state index in [4.69, 9.17) is 9.47 Å². The molecule has 0 spiro atoms. The normalized spacial score (nSPS) is 15.1. The van der Waals surface area contributed by atoms with E-state index in [2.05, 4.69) is 0 Å². The topological polar surface area (TPSA) is 220 Å². The van der Waals surface area contributed by atoms with Gasteiger partial charge in [0, 0.05) is 50.5 Å². The van der Waals surface area contributed by atoms with Crippen molar-refractivity contribution in [3.8, 4) is 0 Å². The van der Waals surface area contributed by atoms with E-state index in [-0.39, 0.29) is 71.6 Å². The number of piperazine rings is 2. The zero-order chi connectivity index (χ0) is 42.2. The third kappa shape index (κ3) is 11.7. The summed E-state index contributed by atoms with van der Waals surface area (Å²) in [6.07, 6.45) is 3.57. The summed E-state index contributed by atoms with van der Waals surface area (Å²) >= 11 is 0.768. The lowest BCUT2D eigenvalue weighted by Gasteiger charge is -2.35. The molecule has 0 unspecified atom stereocenters. The minimum atomic E-state index is -0.761. The maximum atomic E-state index is 13.0. The number of nitrogens with zero attached hydrogens (tertiary/aromatic N) is 6. The number of hydrogen-bond donors (Lipinski definition) is 0. The Balaban J connectivity index is 1.45. The monoisotopic (exact) mass is 804 g/mol. The van der Waals surface area contributed by atoms with Gasteiger partial charge < -0.3 is 9.47 Å². The second kappa shape index (κ2) is 17.9. The first-order valence-electron chi connectivity index (χ1n) is 17.4. The van der Waals surface area contributed by atoms with E-state index in [1.54, 1.807) is 53.4 Å². The Morgan fingerprint density at radius 1 is 0.667 bits per heavy atom. The van der Waals surface area contributed by atoms with Gasteiger partial charge in [-0.2, -0.15) is 0 Å². The van der Waals surface area contributed by atoms with E-state index in [1.165, 1.54) is 58.4 Å². The fraction of sp³-hybridized carbons (Fsp3) is 0.368. The van der Waals surface area contributed by atoms with Crippen LogP contribution in [0.1, 0.15) is 52.7 Å². The van der Waals surface area contributed by atoms with Crippen LogP contribution in [0, 0.1) is 20.2 Å². The fourth-order valence-electron chi connectivity index (χ4n) is 5.40. The molecule has 57 heavy (non-hydrogen) atoms. The lowest BCUT2D eigenvalue weighted by atomic mass is 10.1. The molecule has 4 rings (SSSR count). The SMILES string of the molecule is CC(C)(C)OC(=O)N1CCN(C(=O)/C=C/c2ccc(Sc3ccc(/C=C/C(=O)N4CCN(C(=O)OC(C)(C)C)CC4=C=O)cc3[N+](=O)[O-])c([N+](=O)[O-])c2)C(=C=O)C1. The Morgan fingerprint density at radius 2 is 1.04 bits per heavy atom. The summed E-state index contributed by atoms with van der Waals surface area (Å²) in [5.41, 5.74) is -1.99. The molecular formula is C38H40N6O12S. The van der Waals surface area contributed by atoms with Gasteiger partial charge in [-0.05, 0) is 77.0 Å². The largest absolute Gasteiger partial charge is 0.444 e. The molecule has 2 saturated heterocycles. The highest BCUT2D eigenvalue weighted by Crippen LogP contribution is 2.40. The molecule has 0 radical (unpaired) electrons. The molecule has 300 valence electrons. The molecule has 0 saturated carbocycles. The van der Waals surface area contributed by atoms with Gasteiger partial charge in [-0.1, -0.05) is 23.9 Å². The second-order valence-electron chi connectivity index (χ2n) is 14.6. The van der Waals surface area contributed by atoms with Crippen LogP contribution in [0.2, 0.25) is 0 Å². The zero-order valence-electron chi connectivity index (χ0n) is 32.0. The molecule has 2 fully saturated rings. The van der Waals surface area contributed by atoms with E-state index in [0.717, 1.165) is 33.7 Å². The Labute approximate surface area is 331 Å². The van der Waals surface area contributed by atoms with Gasteiger partial charge in [0.25, 0.3) is 23.2 Å².